The van der Waals surface area contributed by atoms with E-state index in [9.17, 15) is 9.59 Å². The van der Waals surface area contributed by atoms with Crippen LogP contribution in [-0.2, 0) is 9.53 Å². The van der Waals surface area contributed by atoms with Gasteiger partial charge in [0.25, 0.3) is 5.91 Å². The number of carbonyl (C=O) groups excluding carboxylic acids is 2. The molecule has 0 radical (unpaired) electrons. The molecule has 0 spiro atoms. The summed E-state index contributed by atoms with van der Waals surface area (Å²) in [4.78, 5) is 31.8. The minimum atomic E-state index is -0.349. The molecule has 0 saturated carbocycles. The van der Waals surface area contributed by atoms with Crippen molar-refractivity contribution in [1.29, 1.82) is 0 Å². The lowest BCUT2D eigenvalue weighted by Crippen LogP contribution is -2.32. The summed E-state index contributed by atoms with van der Waals surface area (Å²) in [5, 5.41) is 0.685. The molecular weight excluding hydrogens is 384 g/mol. The van der Waals surface area contributed by atoms with Gasteiger partial charge in [0.05, 0.1) is 22.8 Å². The Morgan fingerprint density at radius 1 is 1.14 bits per heavy atom. The Kier molecular flexibility index (Phi) is 6.88. The van der Waals surface area contributed by atoms with Gasteiger partial charge in [0.15, 0.2) is 5.17 Å². The van der Waals surface area contributed by atoms with Crippen molar-refractivity contribution < 1.29 is 14.3 Å². The number of carbonyl (C=O) groups is 2. The monoisotopic (exact) mass is 408 g/mol. The molecule has 150 valence electrons. The van der Waals surface area contributed by atoms with Crippen LogP contribution < -0.4 is 0 Å². The van der Waals surface area contributed by atoms with Crippen LogP contribution >= 0.6 is 11.8 Å². The summed E-state index contributed by atoms with van der Waals surface area (Å²) in [5.74, 6) is -0.0741. The smallest absolute Gasteiger partial charge is 0.338 e. The minimum absolute atomic E-state index is 0.0483. The van der Waals surface area contributed by atoms with Gasteiger partial charge in [-0.25, -0.2) is 9.79 Å². The Hall–Kier alpha value is -2.86. The van der Waals surface area contributed by atoms with E-state index in [1.165, 1.54) is 11.8 Å². The molecule has 0 atom stereocenters. The highest BCUT2D eigenvalue weighted by molar-refractivity contribution is 8.18. The molecule has 29 heavy (non-hydrogen) atoms. The Balaban J connectivity index is 1.86. The number of hydrogen-bond donors (Lipinski definition) is 0. The number of rotatable bonds is 6. The molecule has 5 nitrogen and oxygen atoms in total. The van der Waals surface area contributed by atoms with Crippen molar-refractivity contribution in [3.05, 3.63) is 70.6 Å². The molecular formula is C23H24N2O3S. The first kappa shape index (κ1) is 20.9. The molecule has 3 rings (SSSR count). The highest BCUT2D eigenvalue weighted by atomic mass is 32.2. The molecule has 1 aliphatic rings. The molecule has 0 N–H and O–H groups in total. The van der Waals surface area contributed by atoms with Crippen LogP contribution in [0.1, 0.15) is 36.7 Å². The second kappa shape index (κ2) is 9.56. The predicted molar refractivity (Wildman–Crippen MR) is 118 cm³/mol. The molecule has 0 unspecified atom stereocenters. The fourth-order valence-corrected chi connectivity index (χ4v) is 3.82. The molecule has 1 amide bonds. The summed E-state index contributed by atoms with van der Waals surface area (Å²) >= 11 is 1.37. The number of aliphatic imine (C=N–C) groups is 1. The first-order chi connectivity index (χ1) is 14.0. The molecule has 0 aromatic heterocycles. The van der Waals surface area contributed by atoms with Gasteiger partial charge in [-0.3, -0.25) is 9.69 Å². The van der Waals surface area contributed by atoms with Crippen LogP contribution in [0, 0.1) is 5.92 Å². The summed E-state index contributed by atoms with van der Waals surface area (Å²) in [6.45, 7) is 6.88. The third kappa shape index (κ3) is 5.35. The van der Waals surface area contributed by atoms with E-state index in [1.54, 1.807) is 24.0 Å². The highest BCUT2D eigenvalue weighted by Crippen LogP contribution is 2.34. The van der Waals surface area contributed by atoms with Gasteiger partial charge < -0.3 is 4.74 Å². The fraction of sp³-hybridized carbons (Fsp3) is 0.261. The maximum Gasteiger partial charge on any atom is 0.338 e. The standard InChI is InChI=1S/C23H24N2O3S/c1-4-28-22(27)18-12-10-17(11-13-18)14-20-21(26)25(15-16(2)3)23(29-20)24-19-8-6-5-7-9-19/h5-14,16H,4,15H2,1-3H3/b20-14-,24-23?. The number of hydrogen-bond acceptors (Lipinski definition) is 5. The molecule has 0 bridgehead atoms. The lowest BCUT2D eigenvalue weighted by molar-refractivity contribution is -0.122. The van der Waals surface area contributed by atoms with Gasteiger partial charge in [0.2, 0.25) is 0 Å². The van der Waals surface area contributed by atoms with Crippen molar-refractivity contribution in [3.8, 4) is 0 Å². The Labute approximate surface area is 175 Å². The van der Waals surface area contributed by atoms with Crippen LogP contribution in [0.4, 0.5) is 5.69 Å². The van der Waals surface area contributed by atoms with E-state index < -0.39 is 0 Å². The number of benzene rings is 2. The summed E-state index contributed by atoms with van der Waals surface area (Å²) in [6.07, 6.45) is 1.84. The van der Waals surface area contributed by atoms with Crippen molar-refractivity contribution in [3.63, 3.8) is 0 Å². The molecule has 2 aromatic rings. The summed E-state index contributed by atoms with van der Waals surface area (Å²) < 4.78 is 5.00. The number of esters is 1. The number of thioether (sulfide) groups is 1. The van der Waals surface area contributed by atoms with E-state index in [0.29, 0.717) is 34.7 Å². The van der Waals surface area contributed by atoms with Crippen LogP contribution in [0.5, 0.6) is 0 Å². The molecule has 1 aliphatic heterocycles. The van der Waals surface area contributed by atoms with Crippen molar-refractivity contribution >= 4 is 40.6 Å². The summed E-state index contributed by atoms with van der Waals surface area (Å²) in [5.41, 5.74) is 2.16. The third-order valence-electron chi connectivity index (χ3n) is 4.14. The largest absolute Gasteiger partial charge is 0.462 e. The van der Waals surface area contributed by atoms with Crippen molar-refractivity contribution in [2.24, 2.45) is 10.9 Å². The minimum Gasteiger partial charge on any atom is -0.462 e. The van der Waals surface area contributed by atoms with Gasteiger partial charge in [-0.2, -0.15) is 0 Å². The third-order valence-corrected chi connectivity index (χ3v) is 5.14. The molecule has 1 fully saturated rings. The lowest BCUT2D eigenvalue weighted by Gasteiger charge is -2.17. The van der Waals surface area contributed by atoms with Gasteiger partial charge in [-0.1, -0.05) is 44.2 Å². The second-order valence-electron chi connectivity index (χ2n) is 6.99. The first-order valence-corrected chi connectivity index (χ1v) is 10.4. The van der Waals surface area contributed by atoms with Gasteiger partial charge in [-0.05, 0) is 60.5 Å². The zero-order valence-corrected chi connectivity index (χ0v) is 17.6. The zero-order valence-electron chi connectivity index (χ0n) is 16.8. The van der Waals surface area contributed by atoms with Crippen LogP contribution in [0.25, 0.3) is 6.08 Å². The topological polar surface area (TPSA) is 59.0 Å². The van der Waals surface area contributed by atoms with E-state index in [0.717, 1.165) is 11.3 Å². The number of nitrogens with zero attached hydrogens (tertiary/aromatic N) is 2. The van der Waals surface area contributed by atoms with E-state index in [1.807, 2.05) is 48.5 Å². The van der Waals surface area contributed by atoms with E-state index in [2.05, 4.69) is 18.8 Å². The lowest BCUT2D eigenvalue weighted by atomic mass is 10.1. The van der Waals surface area contributed by atoms with Gasteiger partial charge in [0.1, 0.15) is 0 Å². The normalized spacial score (nSPS) is 16.8. The van der Waals surface area contributed by atoms with E-state index in [4.69, 9.17) is 4.74 Å². The van der Waals surface area contributed by atoms with Crippen molar-refractivity contribution in [1.82, 2.24) is 4.90 Å². The Morgan fingerprint density at radius 2 is 1.83 bits per heavy atom. The van der Waals surface area contributed by atoms with Crippen LogP contribution in [0.15, 0.2) is 64.5 Å². The molecule has 1 heterocycles. The second-order valence-corrected chi connectivity index (χ2v) is 8.00. The molecule has 6 heteroatoms. The quantitative estimate of drug-likeness (QED) is 0.491. The Bertz CT molecular complexity index is 934. The fourth-order valence-electron chi connectivity index (χ4n) is 2.81. The van der Waals surface area contributed by atoms with Gasteiger partial charge in [0, 0.05) is 6.54 Å². The van der Waals surface area contributed by atoms with E-state index in [-0.39, 0.29) is 11.9 Å². The number of amidine groups is 1. The Morgan fingerprint density at radius 3 is 2.45 bits per heavy atom. The average molecular weight is 409 g/mol. The van der Waals surface area contributed by atoms with Crippen LogP contribution in [-0.4, -0.2) is 35.1 Å². The van der Waals surface area contributed by atoms with Crippen molar-refractivity contribution in [2.45, 2.75) is 20.8 Å². The summed E-state index contributed by atoms with van der Waals surface area (Å²) in [6, 6.07) is 16.7. The van der Waals surface area contributed by atoms with E-state index >= 15 is 0 Å². The highest BCUT2D eigenvalue weighted by Gasteiger charge is 2.33. The molecule has 1 saturated heterocycles. The van der Waals surface area contributed by atoms with Crippen LogP contribution in [0.2, 0.25) is 0 Å². The maximum atomic E-state index is 13.0. The van der Waals surface area contributed by atoms with Gasteiger partial charge >= 0.3 is 5.97 Å². The SMILES string of the molecule is CCOC(=O)c1ccc(/C=C2\SC(=Nc3ccccc3)N(CC(C)C)C2=O)cc1. The average Bonchev–Trinajstić information content (AvgIpc) is 2.98. The zero-order chi connectivity index (χ0) is 20.8. The maximum absolute atomic E-state index is 13.0. The van der Waals surface area contributed by atoms with Crippen LogP contribution in [0.3, 0.4) is 0 Å². The summed E-state index contributed by atoms with van der Waals surface area (Å²) in [7, 11) is 0. The van der Waals surface area contributed by atoms with Gasteiger partial charge in [-0.15, -0.1) is 0 Å². The molecule has 2 aromatic carbocycles. The predicted octanol–water partition coefficient (Wildman–Crippen LogP) is 5.12. The number of ether oxygens (including phenoxy) is 1. The number of para-hydroxylation sites is 1. The number of amides is 1. The first-order valence-electron chi connectivity index (χ1n) is 9.60. The molecule has 0 aliphatic carbocycles. The van der Waals surface area contributed by atoms with Crippen molar-refractivity contribution in [2.75, 3.05) is 13.2 Å².